The van der Waals surface area contributed by atoms with Crippen LogP contribution in [0.3, 0.4) is 0 Å². The molecule has 1 aromatic carbocycles. The number of nitrogens with zero attached hydrogens (tertiary/aromatic N) is 2. The number of hydrogen-bond donors (Lipinski definition) is 1. The Balaban J connectivity index is 1.82. The van der Waals surface area contributed by atoms with Crippen LogP contribution < -0.4 is 10.1 Å². The van der Waals surface area contributed by atoms with Crippen LogP contribution in [0.2, 0.25) is 0 Å². The predicted molar refractivity (Wildman–Crippen MR) is 90.1 cm³/mol. The molecule has 1 aliphatic carbocycles. The fraction of sp³-hybridized carbons (Fsp3) is 0.444. The number of halogens is 3. The highest BCUT2D eigenvalue weighted by Gasteiger charge is 2.39. The Morgan fingerprint density at radius 1 is 1.27 bits per heavy atom. The van der Waals surface area contributed by atoms with E-state index in [1.807, 2.05) is 0 Å². The summed E-state index contributed by atoms with van der Waals surface area (Å²) < 4.78 is 46.2. The number of aromatic nitrogens is 2. The van der Waals surface area contributed by atoms with Crippen LogP contribution in [-0.4, -0.2) is 22.8 Å². The number of carbonyl (C=O) groups excluding carboxylic acids is 1. The third-order valence-corrected chi connectivity index (χ3v) is 4.42. The molecular weight excluding hydrogens is 347 g/mol. The zero-order chi connectivity index (χ0) is 18.7. The maximum absolute atomic E-state index is 13.3. The van der Waals surface area contributed by atoms with E-state index in [1.165, 1.54) is 11.8 Å². The number of anilines is 1. The zero-order valence-electron chi connectivity index (χ0n) is 14.4. The molecule has 0 unspecified atom stereocenters. The summed E-state index contributed by atoms with van der Waals surface area (Å²) in [6.45, 7) is -0.254. The molecule has 1 heterocycles. The molecule has 0 aliphatic heterocycles. The number of rotatable bonds is 4. The van der Waals surface area contributed by atoms with Gasteiger partial charge in [-0.15, -0.1) is 0 Å². The predicted octanol–water partition coefficient (Wildman–Crippen LogP) is 3.82. The van der Waals surface area contributed by atoms with Crippen molar-refractivity contribution < 1.29 is 22.7 Å². The highest BCUT2D eigenvalue weighted by molar-refractivity contribution is 5.90. The Kier molecular flexibility index (Phi) is 5.20. The van der Waals surface area contributed by atoms with Gasteiger partial charge in [0, 0.05) is 23.0 Å². The standard InChI is InChI=1S/C18H20F3N3O2/c1-26-13-7-5-6-12(10-13)22-16(25)11-24-15-9-4-2-3-8-14(15)17(23-24)18(19,20)21/h5-7,10H,2-4,8-9,11H2,1H3,(H,22,25). The van der Waals surface area contributed by atoms with Gasteiger partial charge in [0.1, 0.15) is 12.3 Å². The largest absolute Gasteiger partial charge is 0.497 e. The van der Waals surface area contributed by atoms with Crippen LogP contribution in [0.25, 0.3) is 0 Å². The van der Waals surface area contributed by atoms with Crippen molar-refractivity contribution in [2.24, 2.45) is 0 Å². The molecule has 26 heavy (non-hydrogen) atoms. The topological polar surface area (TPSA) is 56.1 Å². The maximum Gasteiger partial charge on any atom is 0.435 e. The number of fused-ring (bicyclic) bond motifs is 1. The molecule has 1 aromatic heterocycles. The van der Waals surface area contributed by atoms with Gasteiger partial charge in [-0.2, -0.15) is 18.3 Å². The highest BCUT2D eigenvalue weighted by Crippen LogP contribution is 2.35. The number of nitrogens with one attached hydrogen (secondary N) is 1. The summed E-state index contributed by atoms with van der Waals surface area (Å²) in [4.78, 5) is 12.3. The van der Waals surface area contributed by atoms with E-state index in [1.54, 1.807) is 24.3 Å². The minimum atomic E-state index is -4.51. The van der Waals surface area contributed by atoms with E-state index < -0.39 is 17.8 Å². The van der Waals surface area contributed by atoms with E-state index in [-0.39, 0.29) is 12.1 Å². The van der Waals surface area contributed by atoms with Crippen LogP contribution in [0, 0.1) is 0 Å². The van der Waals surface area contributed by atoms with Gasteiger partial charge >= 0.3 is 6.18 Å². The molecule has 0 saturated carbocycles. The van der Waals surface area contributed by atoms with Gasteiger partial charge in [-0.05, 0) is 37.8 Å². The molecular formula is C18H20F3N3O2. The number of amides is 1. The number of hydrogen-bond acceptors (Lipinski definition) is 3. The molecule has 0 fully saturated rings. The minimum absolute atomic E-state index is 0.240. The lowest BCUT2D eigenvalue weighted by Crippen LogP contribution is -2.21. The van der Waals surface area contributed by atoms with Crippen LogP contribution in [0.5, 0.6) is 5.75 Å². The van der Waals surface area contributed by atoms with Crippen LogP contribution in [0.1, 0.15) is 36.2 Å². The van der Waals surface area contributed by atoms with Gasteiger partial charge in [0.05, 0.1) is 7.11 Å². The van der Waals surface area contributed by atoms with Crippen molar-refractivity contribution in [2.45, 2.75) is 44.8 Å². The van der Waals surface area contributed by atoms with Gasteiger partial charge < -0.3 is 10.1 Å². The second kappa shape index (κ2) is 7.39. The van der Waals surface area contributed by atoms with Gasteiger partial charge in [0.25, 0.3) is 0 Å². The summed E-state index contributed by atoms with van der Waals surface area (Å²) >= 11 is 0. The lowest BCUT2D eigenvalue weighted by Gasteiger charge is -2.09. The molecule has 0 spiro atoms. The summed E-state index contributed by atoms with van der Waals surface area (Å²) in [6.07, 6.45) is -1.28. The van der Waals surface area contributed by atoms with Gasteiger partial charge in [0.15, 0.2) is 5.69 Å². The van der Waals surface area contributed by atoms with E-state index >= 15 is 0 Å². The molecule has 1 N–H and O–H groups in total. The summed E-state index contributed by atoms with van der Waals surface area (Å²) in [5.74, 6) is 0.150. The van der Waals surface area contributed by atoms with Crippen LogP contribution in [0.4, 0.5) is 18.9 Å². The van der Waals surface area contributed by atoms with Crippen molar-refractivity contribution >= 4 is 11.6 Å². The molecule has 1 amide bonds. The van der Waals surface area contributed by atoms with Gasteiger partial charge in [0.2, 0.25) is 5.91 Å². The first-order valence-electron chi connectivity index (χ1n) is 8.48. The first-order chi connectivity index (χ1) is 12.4. The first kappa shape index (κ1) is 18.3. The van der Waals surface area contributed by atoms with Gasteiger partial charge in [-0.25, -0.2) is 0 Å². The quantitative estimate of drug-likeness (QED) is 0.836. The smallest absolute Gasteiger partial charge is 0.435 e. The summed E-state index contributed by atoms with van der Waals surface area (Å²) in [7, 11) is 1.51. The van der Waals surface area contributed by atoms with Crippen LogP contribution in [0.15, 0.2) is 24.3 Å². The fourth-order valence-corrected chi connectivity index (χ4v) is 3.24. The van der Waals surface area contributed by atoms with Crippen molar-refractivity contribution in [3.8, 4) is 5.75 Å². The number of ether oxygens (including phenoxy) is 1. The van der Waals surface area contributed by atoms with Gasteiger partial charge in [-0.3, -0.25) is 9.48 Å². The molecule has 3 rings (SSSR count). The minimum Gasteiger partial charge on any atom is -0.497 e. The van der Waals surface area contributed by atoms with Crippen LogP contribution >= 0.6 is 0 Å². The first-order valence-corrected chi connectivity index (χ1v) is 8.48. The van der Waals surface area contributed by atoms with Crippen LogP contribution in [-0.2, 0) is 30.4 Å². The Labute approximate surface area is 149 Å². The number of alkyl halides is 3. The molecule has 0 radical (unpaired) electrons. The molecule has 1 aliphatic rings. The average Bonchev–Trinajstić information content (AvgIpc) is 2.78. The molecule has 0 bridgehead atoms. The second-order valence-corrected chi connectivity index (χ2v) is 6.27. The normalized spacial score (nSPS) is 14.5. The zero-order valence-corrected chi connectivity index (χ0v) is 14.4. The van der Waals surface area contributed by atoms with Crippen molar-refractivity contribution in [1.29, 1.82) is 0 Å². The lowest BCUT2D eigenvalue weighted by molar-refractivity contribution is -0.142. The lowest BCUT2D eigenvalue weighted by atomic mass is 10.1. The number of methoxy groups -OCH3 is 1. The molecule has 0 saturated heterocycles. The summed E-state index contributed by atoms with van der Waals surface area (Å²) in [5, 5.41) is 6.40. The Morgan fingerprint density at radius 2 is 2.04 bits per heavy atom. The molecule has 0 atom stereocenters. The van der Waals surface area contributed by atoms with E-state index in [4.69, 9.17) is 4.74 Å². The monoisotopic (exact) mass is 367 g/mol. The number of carbonyl (C=O) groups is 1. The summed E-state index contributed by atoms with van der Waals surface area (Å²) in [6, 6.07) is 6.78. The molecule has 2 aromatic rings. The Bertz CT molecular complexity index is 799. The number of benzene rings is 1. The molecule has 140 valence electrons. The van der Waals surface area contributed by atoms with Crippen molar-refractivity contribution in [3.63, 3.8) is 0 Å². The molecule has 8 heteroatoms. The van der Waals surface area contributed by atoms with Crippen molar-refractivity contribution in [2.75, 3.05) is 12.4 Å². The average molecular weight is 367 g/mol. The second-order valence-electron chi connectivity index (χ2n) is 6.27. The molecule has 5 nitrogen and oxygen atoms in total. The summed E-state index contributed by atoms with van der Waals surface area (Å²) in [5.41, 5.74) is 0.423. The third-order valence-electron chi connectivity index (χ3n) is 4.42. The Morgan fingerprint density at radius 3 is 2.77 bits per heavy atom. The van der Waals surface area contributed by atoms with Crippen molar-refractivity contribution in [3.05, 3.63) is 41.2 Å². The van der Waals surface area contributed by atoms with E-state index in [2.05, 4.69) is 10.4 Å². The fourth-order valence-electron chi connectivity index (χ4n) is 3.24. The van der Waals surface area contributed by atoms with E-state index in [9.17, 15) is 18.0 Å². The van der Waals surface area contributed by atoms with E-state index in [0.29, 0.717) is 36.4 Å². The maximum atomic E-state index is 13.3. The van der Waals surface area contributed by atoms with Gasteiger partial charge in [-0.1, -0.05) is 12.5 Å². The SMILES string of the molecule is COc1cccc(NC(=O)Cn2nc(C(F)(F)F)c3c2CCCCC3)c1. The Hall–Kier alpha value is -2.51. The van der Waals surface area contributed by atoms with E-state index in [0.717, 1.165) is 12.8 Å². The van der Waals surface area contributed by atoms with Crippen molar-refractivity contribution in [1.82, 2.24) is 9.78 Å². The third kappa shape index (κ3) is 4.00. The highest BCUT2D eigenvalue weighted by atomic mass is 19.4.